The molecule has 3 rings (SSSR count). The van der Waals surface area contributed by atoms with Gasteiger partial charge >= 0.3 is 0 Å². The summed E-state index contributed by atoms with van der Waals surface area (Å²) in [6.45, 7) is 0. The van der Waals surface area contributed by atoms with Crippen molar-refractivity contribution in [2.45, 2.75) is 18.9 Å². The predicted octanol–water partition coefficient (Wildman–Crippen LogP) is 2.76. The van der Waals surface area contributed by atoms with Crippen LogP contribution in [0.5, 0.6) is 0 Å². The van der Waals surface area contributed by atoms with Crippen LogP contribution in [0.3, 0.4) is 0 Å². The summed E-state index contributed by atoms with van der Waals surface area (Å²) in [5.41, 5.74) is 8.64. The number of anilines is 1. The van der Waals surface area contributed by atoms with Gasteiger partial charge in [0, 0.05) is 4.47 Å². The standard InChI is InChI=1S/C12H12BrN3/c13-9-2-3-10-8(7-9)1-4-11(10)16-12(14)5-6-15-16/h2-3,5-7,11H,1,4,14H2. The fourth-order valence-electron chi connectivity index (χ4n) is 2.40. The minimum Gasteiger partial charge on any atom is -0.384 e. The third-order valence-corrected chi connectivity index (χ3v) is 3.64. The molecule has 1 unspecified atom stereocenters. The Kier molecular flexibility index (Phi) is 2.24. The summed E-state index contributed by atoms with van der Waals surface area (Å²) in [5, 5.41) is 4.30. The van der Waals surface area contributed by atoms with E-state index in [-0.39, 0.29) is 0 Å². The number of nitrogens with two attached hydrogens (primary N) is 1. The maximum absolute atomic E-state index is 5.90. The van der Waals surface area contributed by atoms with E-state index in [1.165, 1.54) is 11.1 Å². The Balaban J connectivity index is 2.07. The van der Waals surface area contributed by atoms with E-state index >= 15 is 0 Å². The quantitative estimate of drug-likeness (QED) is 0.871. The zero-order valence-electron chi connectivity index (χ0n) is 8.73. The first-order valence-corrected chi connectivity index (χ1v) is 6.12. The second kappa shape index (κ2) is 3.63. The van der Waals surface area contributed by atoms with Crippen LogP contribution in [0, 0.1) is 0 Å². The van der Waals surface area contributed by atoms with Crippen LogP contribution in [-0.4, -0.2) is 9.78 Å². The lowest BCUT2D eigenvalue weighted by Crippen LogP contribution is -2.11. The molecule has 1 aliphatic rings. The summed E-state index contributed by atoms with van der Waals surface area (Å²) in [4.78, 5) is 0. The van der Waals surface area contributed by atoms with Crippen LogP contribution < -0.4 is 5.73 Å². The highest BCUT2D eigenvalue weighted by Gasteiger charge is 2.25. The second-order valence-corrected chi connectivity index (χ2v) is 5.01. The maximum atomic E-state index is 5.90. The van der Waals surface area contributed by atoms with Crippen LogP contribution >= 0.6 is 15.9 Å². The molecule has 82 valence electrons. The molecule has 1 heterocycles. The van der Waals surface area contributed by atoms with Crippen LogP contribution in [0.2, 0.25) is 0 Å². The average Bonchev–Trinajstić information content (AvgIpc) is 2.83. The molecular weight excluding hydrogens is 266 g/mol. The minimum atomic E-state index is 0.304. The first-order valence-electron chi connectivity index (χ1n) is 5.33. The summed E-state index contributed by atoms with van der Waals surface area (Å²) < 4.78 is 3.06. The molecule has 1 atom stereocenters. The van der Waals surface area contributed by atoms with Crippen LogP contribution in [-0.2, 0) is 6.42 Å². The van der Waals surface area contributed by atoms with Crippen molar-refractivity contribution in [2.24, 2.45) is 0 Å². The normalized spacial score (nSPS) is 18.7. The molecule has 4 heteroatoms. The van der Waals surface area contributed by atoms with E-state index in [9.17, 15) is 0 Å². The Hall–Kier alpha value is -1.29. The zero-order chi connectivity index (χ0) is 11.1. The molecule has 0 amide bonds. The Morgan fingerprint density at radius 1 is 1.38 bits per heavy atom. The Labute approximate surface area is 102 Å². The van der Waals surface area contributed by atoms with Crippen molar-refractivity contribution in [3.05, 3.63) is 46.1 Å². The van der Waals surface area contributed by atoms with Crippen molar-refractivity contribution in [1.82, 2.24) is 9.78 Å². The lowest BCUT2D eigenvalue weighted by molar-refractivity contribution is 0.528. The van der Waals surface area contributed by atoms with E-state index < -0.39 is 0 Å². The van der Waals surface area contributed by atoms with E-state index in [0.29, 0.717) is 6.04 Å². The lowest BCUT2D eigenvalue weighted by atomic mass is 10.1. The lowest BCUT2D eigenvalue weighted by Gasteiger charge is -2.14. The largest absolute Gasteiger partial charge is 0.384 e. The van der Waals surface area contributed by atoms with Gasteiger partial charge in [-0.25, -0.2) is 4.68 Å². The molecule has 0 spiro atoms. The summed E-state index contributed by atoms with van der Waals surface area (Å²) in [5.74, 6) is 0.737. The van der Waals surface area contributed by atoms with Crippen molar-refractivity contribution >= 4 is 21.7 Å². The van der Waals surface area contributed by atoms with Crippen LogP contribution in [0.1, 0.15) is 23.6 Å². The number of rotatable bonds is 1. The highest BCUT2D eigenvalue weighted by molar-refractivity contribution is 9.10. The number of hydrogen-bond donors (Lipinski definition) is 1. The summed E-state index contributed by atoms with van der Waals surface area (Å²) in [6.07, 6.45) is 3.93. The van der Waals surface area contributed by atoms with Crippen molar-refractivity contribution < 1.29 is 0 Å². The first-order chi connectivity index (χ1) is 7.75. The van der Waals surface area contributed by atoms with Gasteiger partial charge in [0.25, 0.3) is 0 Å². The number of nitrogens with zero attached hydrogens (tertiary/aromatic N) is 2. The Morgan fingerprint density at radius 3 is 3.00 bits per heavy atom. The van der Waals surface area contributed by atoms with Gasteiger partial charge in [-0.05, 0) is 42.2 Å². The maximum Gasteiger partial charge on any atom is 0.122 e. The molecule has 0 bridgehead atoms. The summed E-state index contributed by atoms with van der Waals surface area (Å²) >= 11 is 3.50. The number of hydrogen-bond acceptors (Lipinski definition) is 2. The fraction of sp³-hybridized carbons (Fsp3) is 0.250. The molecule has 0 aliphatic heterocycles. The third kappa shape index (κ3) is 1.45. The number of benzene rings is 1. The van der Waals surface area contributed by atoms with E-state index in [4.69, 9.17) is 5.73 Å². The number of nitrogen functional groups attached to an aromatic ring is 1. The van der Waals surface area contributed by atoms with Crippen molar-refractivity contribution in [1.29, 1.82) is 0 Å². The van der Waals surface area contributed by atoms with Crippen molar-refractivity contribution in [3.8, 4) is 0 Å². The number of aromatic nitrogens is 2. The van der Waals surface area contributed by atoms with Crippen LogP contribution in [0.4, 0.5) is 5.82 Å². The average molecular weight is 278 g/mol. The number of fused-ring (bicyclic) bond motifs is 1. The topological polar surface area (TPSA) is 43.8 Å². The van der Waals surface area contributed by atoms with Crippen molar-refractivity contribution in [3.63, 3.8) is 0 Å². The Bertz CT molecular complexity index is 533. The molecule has 16 heavy (non-hydrogen) atoms. The second-order valence-electron chi connectivity index (χ2n) is 4.10. The van der Waals surface area contributed by atoms with Gasteiger partial charge in [-0.3, -0.25) is 0 Å². The minimum absolute atomic E-state index is 0.304. The van der Waals surface area contributed by atoms with E-state index in [1.807, 2.05) is 10.7 Å². The summed E-state index contributed by atoms with van der Waals surface area (Å²) in [6, 6.07) is 8.58. The molecule has 1 aromatic heterocycles. The van der Waals surface area contributed by atoms with Crippen LogP contribution in [0.25, 0.3) is 0 Å². The first kappa shape index (κ1) is 9.90. The molecule has 0 saturated heterocycles. The van der Waals surface area contributed by atoms with Gasteiger partial charge in [0.1, 0.15) is 5.82 Å². The van der Waals surface area contributed by atoms with Gasteiger partial charge in [-0.2, -0.15) is 5.10 Å². The van der Waals surface area contributed by atoms with Gasteiger partial charge in [0.15, 0.2) is 0 Å². The molecular formula is C12H12BrN3. The van der Waals surface area contributed by atoms with E-state index in [2.05, 4.69) is 39.2 Å². The van der Waals surface area contributed by atoms with E-state index in [1.54, 1.807) is 6.20 Å². The smallest absolute Gasteiger partial charge is 0.122 e. The van der Waals surface area contributed by atoms with Gasteiger partial charge in [-0.15, -0.1) is 0 Å². The molecule has 1 aromatic carbocycles. The molecule has 2 N–H and O–H groups in total. The summed E-state index contributed by atoms with van der Waals surface area (Å²) in [7, 11) is 0. The molecule has 3 nitrogen and oxygen atoms in total. The highest BCUT2D eigenvalue weighted by atomic mass is 79.9. The van der Waals surface area contributed by atoms with Gasteiger partial charge < -0.3 is 5.73 Å². The third-order valence-electron chi connectivity index (χ3n) is 3.15. The highest BCUT2D eigenvalue weighted by Crippen LogP contribution is 2.36. The van der Waals surface area contributed by atoms with Crippen LogP contribution in [0.15, 0.2) is 34.9 Å². The predicted molar refractivity (Wildman–Crippen MR) is 67.2 cm³/mol. The Morgan fingerprint density at radius 2 is 2.25 bits per heavy atom. The van der Waals surface area contributed by atoms with E-state index in [0.717, 1.165) is 23.1 Å². The number of aryl methyl sites for hydroxylation is 1. The molecule has 0 radical (unpaired) electrons. The van der Waals surface area contributed by atoms with Crippen molar-refractivity contribution in [2.75, 3.05) is 5.73 Å². The molecule has 2 aromatic rings. The SMILES string of the molecule is Nc1ccnn1C1CCc2cc(Br)ccc21. The molecule has 1 aliphatic carbocycles. The van der Waals surface area contributed by atoms with Gasteiger partial charge in [-0.1, -0.05) is 22.0 Å². The monoisotopic (exact) mass is 277 g/mol. The number of halogens is 1. The zero-order valence-corrected chi connectivity index (χ0v) is 10.3. The fourth-order valence-corrected chi connectivity index (χ4v) is 2.81. The molecule has 0 saturated carbocycles. The van der Waals surface area contributed by atoms with Gasteiger partial charge in [0.05, 0.1) is 12.2 Å². The van der Waals surface area contributed by atoms with Gasteiger partial charge in [0.2, 0.25) is 0 Å². The molecule has 0 fully saturated rings.